The van der Waals surface area contributed by atoms with Gasteiger partial charge in [0.25, 0.3) is 11.7 Å². The van der Waals surface area contributed by atoms with E-state index in [0.717, 1.165) is 0 Å². The summed E-state index contributed by atoms with van der Waals surface area (Å²) in [7, 11) is 0. The Kier molecular flexibility index (Phi) is 3.39. The van der Waals surface area contributed by atoms with Gasteiger partial charge in [0, 0.05) is 6.54 Å². The number of halogens is 1. The molecule has 1 aromatic heterocycles. The number of rotatable bonds is 4. The summed E-state index contributed by atoms with van der Waals surface area (Å²) < 4.78 is 13.2. The molecular formula is C10H10FN5O. The fraction of sp³-hybridized carbons (Fsp3) is 0.200. The predicted octanol–water partition coefficient (Wildman–Crippen LogP) is 0.311. The lowest BCUT2D eigenvalue weighted by Crippen LogP contribution is -2.27. The minimum atomic E-state index is -0.435. The van der Waals surface area contributed by atoms with E-state index < -0.39 is 5.91 Å². The van der Waals surface area contributed by atoms with Gasteiger partial charge in [0.15, 0.2) is 0 Å². The zero-order valence-electron chi connectivity index (χ0n) is 8.85. The summed E-state index contributed by atoms with van der Waals surface area (Å²) in [5.74, 6) is -0.741. The average molecular weight is 235 g/mol. The van der Waals surface area contributed by atoms with E-state index in [-0.39, 0.29) is 11.6 Å². The van der Waals surface area contributed by atoms with Gasteiger partial charge in [-0.3, -0.25) is 4.79 Å². The molecule has 1 amide bonds. The third-order valence-corrected chi connectivity index (χ3v) is 2.19. The number of aromatic nitrogens is 4. The summed E-state index contributed by atoms with van der Waals surface area (Å²) >= 11 is 0. The van der Waals surface area contributed by atoms with Crippen molar-refractivity contribution in [1.29, 1.82) is 0 Å². The van der Waals surface area contributed by atoms with Gasteiger partial charge >= 0.3 is 0 Å². The highest BCUT2D eigenvalue weighted by Gasteiger charge is 2.09. The summed E-state index contributed by atoms with van der Waals surface area (Å²) in [6.45, 7) is 0.314. The monoisotopic (exact) mass is 235 g/mol. The van der Waals surface area contributed by atoms with Gasteiger partial charge in [-0.2, -0.15) is 5.21 Å². The standard InChI is InChI=1S/C10H10FN5O/c11-8-4-2-1-3-7(8)5-6-12-10(17)9-13-15-16-14-9/h1-4H,5-6H2,(H,12,17)(H,13,14,15,16). The SMILES string of the molecule is O=C(NCCc1ccccc1F)c1nn[nH]n1. The zero-order valence-corrected chi connectivity index (χ0v) is 8.85. The first kappa shape index (κ1) is 11.2. The van der Waals surface area contributed by atoms with Crippen LogP contribution in [-0.4, -0.2) is 33.1 Å². The van der Waals surface area contributed by atoms with Crippen LogP contribution in [0.3, 0.4) is 0 Å². The second kappa shape index (κ2) is 5.15. The summed E-state index contributed by atoms with van der Waals surface area (Å²) in [6, 6.07) is 6.43. The van der Waals surface area contributed by atoms with Crippen LogP contribution in [0.15, 0.2) is 24.3 Å². The molecule has 1 aromatic carbocycles. The number of carbonyl (C=O) groups is 1. The lowest BCUT2D eigenvalue weighted by atomic mass is 10.1. The third-order valence-electron chi connectivity index (χ3n) is 2.19. The molecule has 88 valence electrons. The number of nitrogens with zero attached hydrogens (tertiary/aromatic N) is 3. The minimum Gasteiger partial charge on any atom is -0.349 e. The van der Waals surface area contributed by atoms with Crippen molar-refractivity contribution in [1.82, 2.24) is 25.9 Å². The summed E-state index contributed by atoms with van der Waals surface area (Å²) in [4.78, 5) is 11.4. The van der Waals surface area contributed by atoms with Gasteiger partial charge in [0.1, 0.15) is 5.82 Å². The number of hydrogen-bond acceptors (Lipinski definition) is 4. The number of hydrogen-bond donors (Lipinski definition) is 2. The Balaban J connectivity index is 1.84. The normalized spacial score (nSPS) is 10.2. The number of nitrogens with one attached hydrogen (secondary N) is 2. The van der Waals surface area contributed by atoms with Crippen molar-refractivity contribution in [2.24, 2.45) is 0 Å². The van der Waals surface area contributed by atoms with E-state index in [1.54, 1.807) is 18.2 Å². The van der Waals surface area contributed by atoms with E-state index in [9.17, 15) is 9.18 Å². The van der Waals surface area contributed by atoms with E-state index in [0.29, 0.717) is 18.5 Å². The first-order chi connectivity index (χ1) is 8.27. The van der Waals surface area contributed by atoms with Crippen LogP contribution in [0.4, 0.5) is 4.39 Å². The predicted molar refractivity (Wildman–Crippen MR) is 56.6 cm³/mol. The molecule has 0 saturated carbocycles. The topological polar surface area (TPSA) is 83.6 Å². The number of amides is 1. The van der Waals surface area contributed by atoms with Gasteiger partial charge < -0.3 is 5.32 Å². The minimum absolute atomic E-state index is 0.0291. The Morgan fingerprint density at radius 1 is 1.41 bits per heavy atom. The Hall–Kier alpha value is -2.31. The number of tetrazole rings is 1. The molecule has 0 aliphatic carbocycles. The van der Waals surface area contributed by atoms with Crippen LogP contribution in [0.2, 0.25) is 0 Å². The number of aromatic amines is 1. The van der Waals surface area contributed by atoms with E-state index in [1.807, 2.05) is 0 Å². The van der Waals surface area contributed by atoms with Gasteiger partial charge in [0.05, 0.1) is 0 Å². The molecule has 0 bridgehead atoms. The highest BCUT2D eigenvalue weighted by molar-refractivity contribution is 5.89. The van der Waals surface area contributed by atoms with Crippen molar-refractivity contribution >= 4 is 5.91 Å². The van der Waals surface area contributed by atoms with Gasteiger partial charge in [-0.15, -0.1) is 10.2 Å². The van der Waals surface area contributed by atoms with E-state index in [1.165, 1.54) is 6.07 Å². The molecule has 2 rings (SSSR count). The molecule has 17 heavy (non-hydrogen) atoms. The van der Waals surface area contributed by atoms with Gasteiger partial charge in [-0.05, 0) is 23.3 Å². The van der Waals surface area contributed by atoms with Crippen molar-refractivity contribution in [3.8, 4) is 0 Å². The van der Waals surface area contributed by atoms with Crippen LogP contribution in [0.1, 0.15) is 16.2 Å². The number of benzene rings is 1. The maximum Gasteiger partial charge on any atom is 0.292 e. The van der Waals surface area contributed by atoms with Crippen LogP contribution < -0.4 is 5.32 Å². The smallest absolute Gasteiger partial charge is 0.292 e. The molecule has 0 atom stereocenters. The molecule has 0 spiro atoms. The Labute approximate surface area is 96.2 Å². The van der Waals surface area contributed by atoms with Crippen molar-refractivity contribution in [2.75, 3.05) is 6.54 Å². The van der Waals surface area contributed by atoms with Crippen molar-refractivity contribution in [3.63, 3.8) is 0 Å². The molecule has 0 aliphatic rings. The molecule has 0 radical (unpaired) electrons. The van der Waals surface area contributed by atoms with Crippen molar-refractivity contribution < 1.29 is 9.18 Å². The van der Waals surface area contributed by atoms with E-state index in [4.69, 9.17) is 0 Å². The Morgan fingerprint density at radius 3 is 2.94 bits per heavy atom. The summed E-state index contributed by atoms with van der Waals surface area (Å²) in [5, 5.41) is 15.1. The zero-order chi connectivity index (χ0) is 12.1. The maximum atomic E-state index is 13.2. The van der Waals surface area contributed by atoms with Crippen molar-refractivity contribution in [2.45, 2.75) is 6.42 Å². The van der Waals surface area contributed by atoms with Crippen LogP contribution in [0.5, 0.6) is 0 Å². The fourth-order valence-corrected chi connectivity index (χ4v) is 1.35. The number of carbonyl (C=O) groups excluding carboxylic acids is 1. The molecule has 1 heterocycles. The average Bonchev–Trinajstić information content (AvgIpc) is 2.85. The second-order valence-corrected chi connectivity index (χ2v) is 3.33. The largest absolute Gasteiger partial charge is 0.349 e. The summed E-state index contributed by atoms with van der Waals surface area (Å²) in [6.07, 6.45) is 0.413. The van der Waals surface area contributed by atoms with E-state index in [2.05, 4.69) is 25.9 Å². The Bertz CT molecular complexity index is 499. The fourth-order valence-electron chi connectivity index (χ4n) is 1.35. The van der Waals surface area contributed by atoms with Gasteiger partial charge in [-0.25, -0.2) is 4.39 Å². The highest BCUT2D eigenvalue weighted by atomic mass is 19.1. The molecule has 0 fully saturated rings. The molecule has 0 saturated heterocycles. The van der Waals surface area contributed by atoms with Crippen molar-refractivity contribution in [3.05, 3.63) is 41.5 Å². The van der Waals surface area contributed by atoms with Crippen LogP contribution in [-0.2, 0) is 6.42 Å². The van der Waals surface area contributed by atoms with Gasteiger partial charge in [-0.1, -0.05) is 18.2 Å². The highest BCUT2D eigenvalue weighted by Crippen LogP contribution is 2.06. The summed E-state index contributed by atoms with van der Waals surface area (Å²) in [5.41, 5.74) is 0.556. The molecule has 0 unspecified atom stereocenters. The Morgan fingerprint density at radius 2 is 2.24 bits per heavy atom. The molecule has 7 heteroatoms. The molecule has 0 aliphatic heterocycles. The maximum absolute atomic E-state index is 13.2. The molecule has 6 nitrogen and oxygen atoms in total. The molecule has 2 aromatic rings. The first-order valence-corrected chi connectivity index (χ1v) is 5.02. The lowest BCUT2D eigenvalue weighted by molar-refractivity contribution is 0.0943. The first-order valence-electron chi connectivity index (χ1n) is 5.02. The lowest BCUT2D eigenvalue weighted by Gasteiger charge is -2.03. The van der Waals surface area contributed by atoms with Crippen LogP contribution >= 0.6 is 0 Å². The van der Waals surface area contributed by atoms with Crippen LogP contribution in [0, 0.1) is 5.82 Å². The van der Waals surface area contributed by atoms with Gasteiger partial charge in [0.2, 0.25) is 0 Å². The van der Waals surface area contributed by atoms with E-state index >= 15 is 0 Å². The van der Waals surface area contributed by atoms with Crippen LogP contribution in [0.25, 0.3) is 0 Å². The molecular weight excluding hydrogens is 225 g/mol. The molecule has 2 N–H and O–H groups in total. The quantitative estimate of drug-likeness (QED) is 0.799. The number of H-pyrrole nitrogens is 1. The third kappa shape index (κ3) is 2.83. The second-order valence-electron chi connectivity index (χ2n) is 3.33.